The Morgan fingerprint density at radius 3 is 3.08 bits per heavy atom. The maximum atomic E-state index is 10.9. The number of nitriles is 1. The third-order valence-electron chi connectivity index (χ3n) is 2.04. The van der Waals surface area contributed by atoms with Crippen molar-refractivity contribution >= 4 is 5.91 Å². The average molecular weight is 182 g/mol. The second kappa shape index (κ2) is 5.55. The highest BCUT2D eigenvalue weighted by Gasteiger charge is 2.14. The summed E-state index contributed by atoms with van der Waals surface area (Å²) in [4.78, 5) is 10.9. The van der Waals surface area contributed by atoms with Gasteiger partial charge in [0.25, 0.3) is 0 Å². The van der Waals surface area contributed by atoms with Crippen LogP contribution in [-0.4, -0.2) is 25.2 Å². The van der Waals surface area contributed by atoms with E-state index in [2.05, 4.69) is 5.32 Å². The van der Waals surface area contributed by atoms with Gasteiger partial charge in [0, 0.05) is 13.2 Å². The van der Waals surface area contributed by atoms with Gasteiger partial charge < -0.3 is 10.1 Å². The second-order valence-corrected chi connectivity index (χ2v) is 3.13. The molecule has 72 valence electrons. The summed E-state index contributed by atoms with van der Waals surface area (Å²) in [6, 6.07) is 1.80. The van der Waals surface area contributed by atoms with Crippen molar-refractivity contribution in [3.8, 4) is 6.07 Å². The molecular formula is C9H14N2O2. The Bertz CT molecular complexity index is 204. The summed E-state index contributed by atoms with van der Waals surface area (Å²) in [5, 5.41) is 10.9. The summed E-state index contributed by atoms with van der Waals surface area (Å²) >= 11 is 0. The van der Waals surface area contributed by atoms with E-state index in [0.29, 0.717) is 6.54 Å². The minimum atomic E-state index is -0.211. The third-order valence-corrected chi connectivity index (χ3v) is 2.04. The van der Waals surface area contributed by atoms with Gasteiger partial charge in [-0.15, -0.1) is 0 Å². The smallest absolute Gasteiger partial charge is 0.234 e. The number of amides is 1. The van der Waals surface area contributed by atoms with Gasteiger partial charge >= 0.3 is 0 Å². The highest BCUT2D eigenvalue weighted by Crippen LogP contribution is 2.11. The number of carbonyl (C=O) groups excluding carboxylic acids is 1. The van der Waals surface area contributed by atoms with Crippen LogP contribution in [0.4, 0.5) is 0 Å². The van der Waals surface area contributed by atoms with E-state index in [1.54, 1.807) is 6.07 Å². The van der Waals surface area contributed by atoms with E-state index in [9.17, 15) is 4.79 Å². The van der Waals surface area contributed by atoms with Gasteiger partial charge in [-0.25, -0.2) is 0 Å². The van der Waals surface area contributed by atoms with Gasteiger partial charge in [0.15, 0.2) is 0 Å². The Morgan fingerprint density at radius 1 is 1.62 bits per heavy atom. The molecule has 0 spiro atoms. The lowest BCUT2D eigenvalue weighted by atomic mass is 10.1. The van der Waals surface area contributed by atoms with Gasteiger partial charge in [0.2, 0.25) is 5.91 Å². The maximum Gasteiger partial charge on any atom is 0.234 e. The lowest BCUT2D eigenvalue weighted by molar-refractivity contribution is -0.121. The molecule has 1 rings (SSSR count). The summed E-state index contributed by atoms with van der Waals surface area (Å²) < 4.78 is 5.41. The molecule has 0 aromatic rings. The number of carbonyl (C=O) groups is 1. The monoisotopic (exact) mass is 182 g/mol. The molecule has 1 unspecified atom stereocenters. The quantitative estimate of drug-likeness (QED) is 0.694. The van der Waals surface area contributed by atoms with Crippen LogP contribution in [0.3, 0.4) is 0 Å². The molecule has 0 radical (unpaired) electrons. The van der Waals surface area contributed by atoms with Crippen LogP contribution in [0.15, 0.2) is 0 Å². The zero-order chi connectivity index (χ0) is 9.52. The van der Waals surface area contributed by atoms with Crippen LogP contribution in [0, 0.1) is 11.3 Å². The molecule has 1 amide bonds. The average Bonchev–Trinajstić information content (AvgIpc) is 2.17. The standard InChI is InChI=1S/C9H14N2O2/c10-5-4-9(12)11-7-8-3-1-2-6-13-8/h8H,1-4,6-7H2,(H,11,12). The fourth-order valence-corrected chi connectivity index (χ4v) is 1.33. The van der Waals surface area contributed by atoms with Crippen molar-refractivity contribution in [2.75, 3.05) is 13.2 Å². The number of nitrogens with zero attached hydrogens (tertiary/aromatic N) is 1. The Morgan fingerprint density at radius 2 is 2.46 bits per heavy atom. The first-order chi connectivity index (χ1) is 6.33. The van der Waals surface area contributed by atoms with Gasteiger partial charge in [0.1, 0.15) is 6.42 Å². The molecule has 4 nitrogen and oxygen atoms in total. The molecule has 0 aliphatic carbocycles. The van der Waals surface area contributed by atoms with Gasteiger partial charge in [-0.3, -0.25) is 4.79 Å². The highest BCUT2D eigenvalue weighted by atomic mass is 16.5. The Labute approximate surface area is 77.9 Å². The predicted molar refractivity (Wildman–Crippen MR) is 46.8 cm³/mol. The van der Waals surface area contributed by atoms with Crippen molar-refractivity contribution in [1.29, 1.82) is 5.26 Å². The fourth-order valence-electron chi connectivity index (χ4n) is 1.33. The molecule has 1 aliphatic heterocycles. The Hall–Kier alpha value is -1.08. The van der Waals surface area contributed by atoms with Crippen LogP contribution in [-0.2, 0) is 9.53 Å². The molecule has 0 aromatic heterocycles. The molecule has 1 fully saturated rings. The summed E-state index contributed by atoms with van der Waals surface area (Å²) in [6.45, 7) is 1.33. The molecule has 4 heteroatoms. The third kappa shape index (κ3) is 3.90. The minimum absolute atomic E-state index is 0.0628. The van der Waals surface area contributed by atoms with Gasteiger partial charge in [-0.05, 0) is 19.3 Å². The van der Waals surface area contributed by atoms with Crippen LogP contribution in [0.5, 0.6) is 0 Å². The van der Waals surface area contributed by atoms with E-state index >= 15 is 0 Å². The number of nitrogens with one attached hydrogen (secondary N) is 1. The maximum absolute atomic E-state index is 10.9. The van der Waals surface area contributed by atoms with Crippen LogP contribution < -0.4 is 5.32 Å². The predicted octanol–water partition coefficient (Wildman–Crippen LogP) is 0.585. The van der Waals surface area contributed by atoms with Crippen molar-refractivity contribution in [3.05, 3.63) is 0 Å². The summed E-state index contributed by atoms with van der Waals surface area (Å²) in [5.74, 6) is -0.211. The molecule has 0 bridgehead atoms. The zero-order valence-corrected chi connectivity index (χ0v) is 7.58. The number of hydrogen-bond acceptors (Lipinski definition) is 3. The van der Waals surface area contributed by atoms with Crippen LogP contribution >= 0.6 is 0 Å². The van der Waals surface area contributed by atoms with Crippen LogP contribution in [0.25, 0.3) is 0 Å². The molecule has 1 saturated heterocycles. The molecule has 1 atom stereocenters. The van der Waals surface area contributed by atoms with E-state index in [1.807, 2.05) is 0 Å². The van der Waals surface area contributed by atoms with Gasteiger partial charge in [-0.2, -0.15) is 5.26 Å². The van der Waals surface area contributed by atoms with Crippen molar-refractivity contribution in [2.45, 2.75) is 31.8 Å². The van der Waals surface area contributed by atoms with E-state index in [1.165, 1.54) is 6.42 Å². The second-order valence-electron chi connectivity index (χ2n) is 3.13. The summed E-state index contributed by atoms with van der Waals surface area (Å²) in [7, 11) is 0. The molecule has 1 aliphatic rings. The number of rotatable bonds is 3. The summed E-state index contributed by atoms with van der Waals surface area (Å²) in [6.07, 6.45) is 3.37. The minimum Gasteiger partial charge on any atom is -0.376 e. The molecule has 13 heavy (non-hydrogen) atoms. The van der Waals surface area contributed by atoms with Crippen LogP contribution in [0.1, 0.15) is 25.7 Å². The SMILES string of the molecule is N#CCC(=O)NCC1CCCCO1. The lowest BCUT2D eigenvalue weighted by Gasteiger charge is -2.22. The molecule has 1 heterocycles. The van der Waals surface area contributed by atoms with Gasteiger partial charge in [-0.1, -0.05) is 0 Å². The summed E-state index contributed by atoms with van der Waals surface area (Å²) in [5.41, 5.74) is 0. The zero-order valence-electron chi connectivity index (χ0n) is 7.58. The van der Waals surface area contributed by atoms with Gasteiger partial charge in [0.05, 0.1) is 12.2 Å². The molecule has 0 aromatic carbocycles. The molecule has 0 saturated carbocycles. The van der Waals surface area contributed by atoms with E-state index in [-0.39, 0.29) is 18.4 Å². The highest BCUT2D eigenvalue weighted by molar-refractivity contribution is 5.77. The molecule has 1 N–H and O–H groups in total. The van der Waals surface area contributed by atoms with E-state index < -0.39 is 0 Å². The Balaban J connectivity index is 2.10. The fraction of sp³-hybridized carbons (Fsp3) is 0.778. The van der Waals surface area contributed by atoms with Crippen molar-refractivity contribution in [2.24, 2.45) is 0 Å². The van der Waals surface area contributed by atoms with Crippen LogP contribution in [0.2, 0.25) is 0 Å². The van der Waals surface area contributed by atoms with E-state index in [0.717, 1.165) is 19.4 Å². The van der Waals surface area contributed by atoms with E-state index in [4.69, 9.17) is 10.00 Å². The number of hydrogen-bond donors (Lipinski definition) is 1. The van der Waals surface area contributed by atoms with Crippen molar-refractivity contribution in [3.63, 3.8) is 0 Å². The topological polar surface area (TPSA) is 62.1 Å². The molecular weight excluding hydrogens is 168 g/mol. The lowest BCUT2D eigenvalue weighted by Crippen LogP contribution is -2.35. The first-order valence-electron chi connectivity index (χ1n) is 4.58. The normalized spacial score (nSPS) is 21.9. The number of ether oxygens (including phenoxy) is 1. The Kier molecular flexibility index (Phi) is 4.27. The van der Waals surface area contributed by atoms with Crippen molar-refractivity contribution < 1.29 is 9.53 Å². The first-order valence-corrected chi connectivity index (χ1v) is 4.58. The largest absolute Gasteiger partial charge is 0.376 e. The first kappa shape index (κ1) is 10.0. The van der Waals surface area contributed by atoms with Crippen molar-refractivity contribution in [1.82, 2.24) is 5.32 Å².